The van der Waals surface area contributed by atoms with Crippen molar-refractivity contribution in [1.29, 1.82) is 0 Å². The number of aliphatic hydroxyl groups is 1. The number of nitrogens with one attached hydrogen (secondary N) is 1. The minimum atomic E-state index is -2.07. The second-order valence-electron chi connectivity index (χ2n) is 16.5. The monoisotopic (exact) mass is 750 g/mol. The third-order valence-corrected chi connectivity index (χ3v) is 14.1. The van der Waals surface area contributed by atoms with Gasteiger partial charge in [-0.05, 0) is 100 Å². The van der Waals surface area contributed by atoms with Gasteiger partial charge in [-0.3, -0.25) is 4.90 Å². The summed E-state index contributed by atoms with van der Waals surface area (Å²) in [5.41, 5.74) is 0.718. The Kier molecular flexibility index (Phi) is 13.3. The predicted molar refractivity (Wildman–Crippen MR) is 207 cm³/mol. The summed E-state index contributed by atoms with van der Waals surface area (Å²) in [7, 11) is -0.529. The summed E-state index contributed by atoms with van der Waals surface area (Å²) >= 11 is 0. The Bertz CT molecular complexity index is 1670. The predicted octanol–water partition coefficient (Wildman–Crippen LogP) is 8.75. The number of ether oxygens (including phenoxy) is 5. The summed E-state index contributed by atoms with van der Waals surface area (Å²) in [6, 6.07) is 21.1. The number of rotatable bonds is 13. The standard InChI is InChI=1S/C41H58N2O9Si/c1-39(2,3)52-37(45)42-31(26-50-53(10,11)40(4,5)6)23-28-17-20-32(21-18-28)51-35-24-30(19-22-34(35)47-9)36(44)33-27-49-41(7,8)43(33)38(46)48-25-29-15-13-12-14-16-29/h12-22,24,31,33,36,44H,23,25-27H2,1-11H3,(H,42,45)/t31-,33+,36?/m0/s1. The molecule has 2 amide bonds. The molecule has 0 saturated carbocycles. The van der Waals surface area contributed by atoms with E-state index in [0.717, 1.165) is 11.1 Å². The van der Waals surface area contributed by atoms with Crippen LogP contribution in [0.1, 0.15) is 78.2 Å². The van der Waals surface area contributed by atoms with Gasteiger partial charge in [0, 0.05) is 0 Å². The molecule has 1 unspecified atom stereocenters. The van der Waals surface area contributed by atoms with Crippen molar-refractivity contribution in [2.45, 2.75) is 116 Å². The third kappa shape index (κ3) is 11.4. The van der Waals surface area contributed by atoms with Crippen LogP contribution in [-0.4, -0.2) is 74.2 Å². The summed E-state index contributed by atoms with van der Waals surface area (Å²) in [4.78, 5) is 27.6. The first kappa shape index (κ1) is 41.6. The number of hydrogen-bond donors (Lipinski definition) is 2. The smallest absolute Gasteiger partial charge is 0.412 e. The number of aliphatic hydroxyl groups excluding tert-OH is 1. The molecule has 1 fully saturated rings. The van der Waals surface area contributed by atoms with E-state index in [9.17, 15) is 14.7 Å². The molecule has 4 rings (SSSR count). The van der Waals surface area contributed by atoms with Crippen LogP contribution in [0.25, 0.3) is 0 Å². The topological polar surface area (TPSA) is 125 Å². The number of nitrogens with zero attached hydrogens (tertiary/aromatic N) is 1. The van der Waals surface area contributed by atoms with E-state index in [1.165, 1.54) is 4.90 Å². The Hall–Kier alpha value is -4.10. The fraction of sp³-hybridized carbons (Fsp3) is 0.512. The Morgan fingerprint density at radius 2 is 1.62 bits per heavy atom. The molecule has 0 bridgehead atoms. The molecule has 3 aromatic rings. The van der Waals surface area contributed by atoms with Gasteiger partial charge in [0.05, 0.1) is 32.4 Å². The molecule has 11 nitrogen and oxygen atoms in total. The lowest BCUT2D eigenvalue weighted by molar-refractivity contribution is -0.0544. The fourth-order valence-electron chi connectivity index (χ4n) is 5.64. The second kappa shape index (κ2) is 16.9. The normalized spacial score (nSPS) is 17.1. The SMILES string of the molecule is COc1ccc(C(O)[C@H]2COC(C)(C)N2C(=O)OCc2ccccc2)cc1Oc1ccc(C[C@@H](CO[Si](C)(C)C(C)(C)C)NC(=O)OC(C)(C)C)cc1. The van der Waals surface area contributed by atoms with Gasteiger partial charge in [-0.1, -0.05) is 69.3 Å². The Morgan fingerprint density at radius 1 is 0.962 bits per heavy atom. The van der Waals surface area contributed by atoms with Crippen molar-refractivity contribution in [3.05, 3.63) is 89.5 Å². The molecule has 0 aromatic heterocycles. The Balaban J connectivity index is 1.48. The maximum absolute atomic E-state index is 13.3. The van der Waals surface area contributed by atoms with Gasteiger partial charge in [-0.2, -0.15) is 0 Å². The zero-order chi connectivity index (χ0) is 39.2. The minimum Gasteiger partial charge on any atom is -0.493 e. The van der Waals surface area contributed by atoms with Crippen LogP contribution in [-0.2, 0) is 31.7 Å². The van der Waals surface area contributed by atoms with Crippen LogP contribution >= 0.6 is 0 Å². The van der Waals surface area contributed by atoms with Crippen LogP contribution in [0.2, 0.25) is 18.1 Å². The molecule has 0 aliphatic carbocycles. The van der Waals surface area contributed by atoms with E-state index in [4.69, 9.17) is 28.1 Å². The average Bonchev–Trinajstić information content (AvgIpc) is 3.40. The van der Waals surface area contributed by atoms with Crippen LogP contribution in [0.3, 0.4) is 0 Å². The van der Waals surface area contributed by atoms with E-state index < -0.39 is 44.0 Å². The molecule has 290 valence electrons. The van der Waals surface area contributed by atoms with Gasteiger partial charge in [0.1, 0.15) is 29.8 Å². The van der Waals surface area contributed by atoms with Crippen LogP contribution in [0.15, 0.2) is 72.8 Å². The van der Waals surface area contributed by atoms with E-state index in [0.29, 0.717) is 35.8 Å². The fourth-order valence-corrected chi connectivity index (χ4v) is 6.70. The zero-order valence-corrected chi connectivity index (χ0v) is 34.1. The number of hydrogen-bond acceptors (Lipinski definition) is 9. The highest BCUT2D eigenvalue weighted by Gasteiger charge is 2.48. The van der Waals surface area contributed by atoms with Crippen molar-refractivity contribution in [3.63, 3.8) is 0 Å². The van der Waals surface area contributed by atoms with Gasteiger partial charge in [0.15, 0.2) is 19.8 Å². The first-order valence-electron chi connectivity index (χ1n) is 18.1. The number of carbonyl (C=O) groups is 2. The number of benzene rings is 3. The van der Waals surface area contributed by atoms with Crippen molar-refractivity contribution in [1.82, 2.24) is 10.2 Å². The highest BCUT2D eigenvalue weighted by atomic mass is 28.4. The van der Waals surface area contributed by atoms with Gasteiger partial charge < -0.3 is 38.5 Å². The molecule has 1 heterocycles. The number of amides is 2. The molecular weight excluding hydrogens is 693 g/mol. The lowest BCUT2D eigenvalue weighted by atomic mass is 10.0. The highest BCUT2D eigenvalue weighted by molar-refractivity contribution is 6.74. The van der Waals surface area contributed by atoms with E-state index >= 15 is 0 Å². The van der Waals surface area contributed by atoms with Crippen molar-refractivity contribution in [2.75, 3.05) is 20.3 Å². The number of carbonyl (C=O) groups excluding carboxylic acids is 2. The van der Waals surface area contributed by atoms with Crippen LogP contribution < -0.4 is 14.8 Å². The van der Waals surface area contributed by atoms with E-state index in [1.54, 1.807) is 39.2 Å². The molecule has 3 aromatic carbocycles. The van der Waals surface area contributed by atoms with Crippen LogP contribution in [0.5, 0.6) is 17.2 Å². The summed E-state index contributed by atoms with van der Waals surface area (Å²) < 4.78 is 35.5. The summed E-state index contributed by atoms with van der Waals surface area (Å²) in [5, 5.41) is 14.7. The van der Waals surface area contributed by atoms with Crippen molar-refractivity contribution in [2.24, 2.45) is 0 Å². The van der Waals surface area contributed by atoms with Crippen LogP contribution in [0.4, 0.5) is 9.59 Å². The second-order valence-corrected chi connectivity index (χ2v) is 21.3. The highest BCUT2D eigenvalue weighted by Crippen LogP contribution is 2.39. The maximum atomic E-state index is 13.3. The van der Waals surface area contributed by atoms with Gasteiger partial charge in [0.2, 0.25) is 0 Å². The summed E-state index contributed by atoms with van der Waals surface area (Å²) in [6.45, 7) is 20.5. The lowest BCUT2D eigenvalue weighted by Crippen LogP contribution is -2.50. The summed E-state index contributed by atoms with van der Waals surface area (Å²) in [6.07, 6.45) is -1.67. The largest absolute Gasteiger partial charge is 0.493 e. The molecule has 3 atom stereocenters. The van der Waals surface area contributed by atoms with Gasteiger partial charge >= 0.3 is 12.2 Å². The maximum Gasteiger partial charge on any atom is 0.412 e. The number of methoxy groups -OCH3 is 1. The zero-order valence-electron chi connectivity index (χ0n) is 33.1. The average molecular weight is 751 g/mol. The third-order valence-electron chi connectivity index (χ3n) is 9.62. The first-order chi connectivity index (χ1) is 24.7. The van der Waals surface area contributed by atoms with Gasteiger partial charge in [-0.15, -0.1) is 0 Å². The molecule has 0 radical (unpaired) electrons. The molecule has 12 heteroatoms. The molecule has 1 aliphatic heterocycles. The molecular formula is C41H58N2O9Si. The summed E-state index contributed by atoms with van der Waals surface area (Å²) in [5.74, 6) is 1.40. The molecule has 0 spiro atoms. The van der Waals surface area contributed by atoms with Crippen molar-refractivity contribution in [3.8, 4) is 17.2 Å². The van der Waals surface area contributed by atoms with Gasteiger partial charge in [0.25, 0.3) is 0 Å². The number of alkyl carbamates (subject to hydrolysis) is 1. The van der Waals surface area contributed by atoms with Crippen molar-refractivity contribution >= 4 is 20.5 Å². The minimum absolute atomic E-state index is 0.0199. The molecule has 2 N–H and O–H groups in total. The molecule has 1 saturated heterocycles. The van der Waals surface area contributed by atoms with E-state index in [2.05, 4.69) is 39.2 Å². The van der Waals surface area contributed by atoms with Gasteiger partial charge in [-0.25, -0.2) is 9.59 Å². The van der Waals surface area contributed by atoms with E-state index in [-0.39, 0.29) is 24.3 Å². The van der Waals surface area contributed by atoms with E-state index in [1.807, 2.05) is 75.4 Å². The van der Waals surface area contributed by atoms with Crippen LogP contribution in [0, 0.1) is 0 Å². The molecule has 1 aliphatic rings. The first-order valence-corrected chi connectivity index (χ1v) is 21.0. The molecule has 53 heavy (non-hydrogen) atoms. The van der Waals surface area contributed by atoms with Crippen molar-refractivity contribution < 1.29 is 42.8 Å². The quantitative estimate of drug-likeness (QED) is 0.165. The lowest BCUT2D eigenvalue weighted by Gasteiger charge is -2.37. The Morgan fingerprint density at radius 3 is 2.23 bits per heavy atom. The Labute approximate surface area is 316 Å².